The van der Waals surface area contributed by atoms with E-state index in [1.165, 1.54) is 44.9 Å². The van der Waals surface area contributed by atoms with Gasteiger partial charge in [0.25, 0.3) is 0 Å². The molecule has 0 aromatic carbocycles. The summed E-state index contributed by atoms with van der Waals surface area (Å²) < 4.78 is 21.5. The molecule has 0 aromatic heterocycles. The lowest BCUT2D eigenvalue weighted by molar-refractivity contribution is 0.209. The monoisotopic (exact) mass is 361 g/mol. The SMILES string of the molecule is CCCC[C@@H](O)/C=C\CCCCCCCCCCCCS(N)(=O)=O. The molecule has 5 heteroatoms. The fourth-order valence-corrected chi connectivity index (χ4v) is 3.35. The number of primary sulfonamides is 1. The van der Waals surface area contributed by atoms with Crippen LogP contribution in [0.15, 0.2) is 12.2 Å². The minimum absolute atomic E-state index is 0.122. The molecule has 0 saturated carbocycles. The summed E-state index contributed by atoms with van der Waals surface area (Å²) in [4.78, 5) is 0. The molecule has 4 nitrogen and oxygen atoms in total. The number of allylic oxidation sites excluding steroid dienone is 1. The first-order chi connectivity index (χ1) is 11.5. The van der Waals surface area contributed by atoms with Crippen LogP contribution in [0.25, 0.3) is 0 Å². The van der Waals surface area contributed by atoms with Gasteiger partial charge < -0.3 is 5.11 Å². The first kappa shape index (κ1) is 23.6. The van der Waals surface area contributed by atoms with Gasteiger partial charge in [0.1, 0.15) is 0 Å². The highest BCUT2D eigenvalue weighted by Gasteiger charge is 2.01. The third-order valence-corrected chi connectivity index (χ3v) is 5.12. The van der Waals surface area contributed by atoms with Crippen molar-refractivity contribution in [3.05, 3.63) is 12.2 Å². The lowest BCUT2D eigenvalue weighted by atomic mass is 10.1. The molecule has 24 heavy (non-hydrogen) atoms. The Morgan fingerprint density at radius 1 is 0.875 bits per heavy atom. The van der Waals surface area contributed by atoms with E-state index >= 15 is 0 Å². The van der Waals surface area contributed by atoms with E-state index in [4.69, 9.17) is 5.14 Å². The normalized spacial score (nSPS) is 13.6. The Labute approximate surface area is 150 Å². The summed E-state index contributed by atoms with van der Waals surface area (Å²) in [7, 11) is -3.27. The van der Waals surface area contributed by atoms with Gasteiger partial charge in [0, 0.05) is 0 Å². The molecule has 0 aliphatic heterocycles. The second kappa shape index (κ2) is 16.1. The summed E-state index contributed by atoms with van der Waals surface area (Å²) in [6, 6.07) is 0. The topological polar surface area (TPSA) is 80.4 Å². The lowest BCUT2D eigenvalue weighted by Crippen LogP contribution is -2.16. The summed E-state index contributed by atoms with van der Waals surface area (Å²) in [5.41, 5.74) is 0. The zero-order chi connectivity index (χ0) is 18.1. The van der Waals surface area contributed by atoms with Crippen LogP contribution in [0.2, 0.25) is 0 Å². The zero-order valence-electron chi connectivity index (χ0n) is 15.6. The molecule has 1 atom stereocenters. The van der Waals surface area contributed by atoms with Gasteiger partial charge in [0.05, 0.1) is 11.9 Å². The number of unbranched alkanes of at least 4 members (excludes halogenated alkanes) is 11. The minimum Gasteiger partial charge on any atom is -0.389 e. The summed E-state index contributed by atoms with van der Waals surface area (Å²) in [6.07, 6.45) is 19.6. The predicted octanol–water partition coefficient (Wildman–Crippen LogP) is 4.67. The third-order valence-electron chi connectivity index (χ3n) is 4.26. The summed E-state index contributed by atoms with van der Waals surface area (Å²) in [6.45, 7) is 2.14. The van der Waals surface area contributed by atoms with E-state index in [0.29, 0.717) is 6.42 Å². The number of aliphatic hydroxyl groups is 1. The predicted molar refractivity (Wildman–Crippen MR) is 103 cm³/mol. The second-order valence-corrected chi connectivity index (χ2v) is 8.56. The lowest BCUT2D eigenvalue weighted by Gasteiger charge is -2.04. The van der Waals surface area contributed by atoms with Crippen LogP contribution in [0.1, 0.15) is 96.8 Å². The molecular formula is C19H39NO3S. The van der Waals surface area contributed by atoms with Gasteiger partial charge in [-0.05, 0) is 25.7 Å². The van der Waals surface area contributed by atoms with Gasteiger partial charge in [-0.25, -0.2) is 13.6 Å². The van der Waals surface area contributed by atoms with Crippen LogP contribution in [-0.4, -0.2) is 25.4 Å². The van der Waals surface area contributed by atoms with E-state index < -0.39 is 10.0 Å². The zero-order valence-corrected chi connectivity index (χ0v) is 16.4. The molecule has 0 saturated heterocycles. The van der Waals surface area contributed by atoms with E-state index in [2.05, 4.69) is 13.0 Å². The van der Waals surface area contributed by atoms with Crippen molar-refractivity contribution in [2.45, 2.75) is 103 Å². The van der Waals surface area contributed by atoms with E-state index in [0.717, 1.165) is 38.5 Å². The number of aliphatic hydroxyl groups excluding tert-OH is 1. The first-order valence-corrected chi connectivity index (χ1v) is 11.5. The van der Waals surface area contributed by atoms with Crippen LogP contribution in [-0.2, 0) is 10.0 Å². The van der Waals surface area contributed by atoms with Crippen LogP contribution in [0.5, 0.6) is 0 Å². The molecule has 0 amide bonds. The van der Waals surface area contributed by atoms with E-state index in [9.17, 15) is 13.5 Å². The first-order valence-electron chi connectivity index (χ1n) is 9.81. The number of hydrogen-bond donors (Lipinski definition) is 2. The molecule has 0 aliphatic carbocycles. The molecule has 0 bridgehead atoms. The number of rotatable bonds is 17. The Morgan fingerprint density at radius 2 is 1.38 bits per heavy atom. The summed E-state index contributed by atoms with van der Waals surface area (Å²) in [5, 5.41) is 14.6. The van der Waals surface area contributed by atoms with Crippen molar-refractivity contribution in [1.82, 2.24) is 0 Å². The number of sulfonamides is 1. The molecular weight excluding hydrogens is 322 g/mol. The fourth-order valence-electron chi connectivity index (χ4n) is 2.74. The van der Waals surface area contributed by atoms with Crippen molar-refractivity contribution in [1.29, 1.82) is 0 Å². The number of hydrogen-bond acceptors (Lipinski definition) is 3. The van der Waals surface area contributed by atoms with E-state index in [1.54, 1.807) is 0 Å². The smallest absolute Gasteiger partial charge is 0.209 e. The maximum Gasteiger partial charge on any atom is 0.209 e. The van der Waals surface area contributed by atoms with Gasteiger partial charge >= 0.3 is 0 Å². The Bertz CT molecular complexity index is 393. The van der Waals surface area contributed by atoms with Gasteiger partial charge in [0.2, 0.25) is 10.0 Å². The Hall–Kier alpha value is -0.390. The van der Waals surface area contributed by atoms with Crippen LogP contribution < -0.4 is 5.14 Å². The third kappa shape index (κ3) is 19.7. The molecule has 0 spiro atoms. The molecule has 0 rings (SSSR count). The molecule has 0 radical (unpaired) electrons. The Kier molecular flexibility index (Phi) is 15.8. The average Bonchev–Trinajstić information content (AvgIpc) is 2.52. The van der Waals surface area contributed by atoms with Crippen LogP contribution in [0, 0.1) is 0 Å². The largest absolute Gasteiger partial charge is 0.389 e. The molecule has 0 aromatic rings. The van der Waals surface area contributed by atoms with E-state index in [1.807, 2.05) is 6.08 Å². The summed E-state index contributed by atoms with van der Waals surface area (Å²) in [5.74, 6) is 0.122. The van der Waals surface area contributed by atoms with Crippen LogP contribution in [0.3, 0.4) is 0 Å². The quantitative estimate of drug-likeness (QED) is 0.292. The van der Waals surface area contributed by atoms with Crippen LogP contribution in [0.4, 0.5) is 0 Å². The maximum absolute atomic E-state index is 10.8. The van der Waals surface area contributed by atoms with E-state index in [-0.39, 0.29) is 11.9 Å². The molecule has 3 N–H and O–H groups in total. The Balaban J connectivity index is 3.21. The van der Waals surface area contributed by atoms with Gasteiger partial charge in [-0.2, -0.15) is 0 Å². The standard InChI is InChI=1S/C19H39NO3S/c1-2-3-16-19(21)17-14-12-10-8-6-4-5-7-9-11-13-15-18-24(20,22)23/h14,17,19,21H,2-13,15-16,18H2,1H3,(H2,20,22,23)/b17-14-/t19-/m1/s1. The van der Waals surface area contributed by atoms with Gasteiger partial charge in [-0.15, -0.1) is 0 Å². The maximum atomic E-state index is 10.8. The van der Waals surface area contributed by atoms with Crippen molar-refractivity contribution in [2.24, 2.45) is 5.14 Å². The highest BCUT2D eigenvalue weighted by atomic mass is 32.2. The molecule has 0 fully saturated rings. The van der Waals surface area contributed by atoms with Gasteiger partial charge in [-0.1, -0.05) is 83.3 Å². The highest BCUT2D eigenvalue weighted by molar-refractivity contribution is 7.89. The van der Waals surface area contributed by atoms with Gasteiger partial charge in [0.15, 0.2) is 0 Å². The fraction of sp³-hybridized carbons (Fsp3) is 0.895. The average molecular weight is 362 g/mol. The van der Waals surface area contributed by atoms with Crippen molar-refractivity contribution in [2.75, 3.05) is 5.75 Å². The van der Waals surface area contributed by atoms with Gasteiger partial charge in [-0.3, -0.25) is 0 Å². The molecule has 144 valence electrons. The second-order valence-electron chi connectivity index (χ2n) is 6.83. The van der Waals surface area contributed by atoms with Crippen molar-refractivity contribution in [3.63, 3.8) is 0 Å². The summed E-state index contributed by atoms with van der Waals surface area (Å²) >= 11 is 0. The number of nitrogens with two attached hydrogens (primary N) is 1. The molecule has 0 heterocycles. The van der Waals surface area contributed by atoms with Crippen LogP contribution >= 0.6 is 0 Å². The minimum atomic E-state index is -3.27. The Morgan fingerprint density at radius 3 is 1.88 bits per heavy atom. The molecule has 0 aliphatic rings. The van der Waals surface area contributed by atoms with Crippen molar-refractivity contribution in [3.8, 4) is 0 Å². The highest BCUT2D eigenvalue weighted by Crippen LogP contribution is 2.12. The molecule has 0 unspecified atom stereocenters. The van der Waals surface area contributed by atoms with Crippen molar-refractivity contribution < 1.29 is 13.5 Å². The van der Waals surface area contributed by atoms with Crippen molar-refractivity contribution >= 4 is 10.0 Å².